The number of aryl methyl sites for hydroxylation is 1. The van der Waals surface area contributed by atoms with Crippen LogP contribution in [-0.2, 0) is 17.8 Å². The molecule has 2 N–H and O–H groups in total. The Balaban J connectivity index is 1.46. The summed E-state index contributed by atoms with van der Waals surface area (Å²) in [4.78, 5) is 16.8. The average Bonchev–Trinajstić information content (AvgIpc) is 2.98. The minimum atomic E-state index is 0.174. The molecular formula is C19H28N4O. The predicted molar refractivity (Wildman–Crippen MR) is 96.9 cm³/mol. The third-order valence-electron chi connectivity index (χ3n) is 4.96. The molecule has 0 saturated carbocycles. The van der Waals surface area contributed by atoms with Crippen LogP contribution in [0.2, 0.25) is 0 Å². The number of rotatable bonds is 7. The maximum Gasteiger partial charge on any atom is 0.220 e. The lowest BCUT2D eigenvalue weighted by atomic mass is 9.93. The fraction of sp³-hybridized carbons (Fsp3) is 0.579. The van der Waals surface area contributed by atoms with E-state index in [2.05, 4.69) is 28.2 Å². The smallest absolute Gasteiger partial charge is 0.220 e. The maximum atomic E-state index is 12.0. The third kappa shape index (κ3) is 4.15. The van der Waals surface area contributed by atoms with E-state index in [1.807, 2.05) is 18.2 Å². The summed E-state index contributed by atoms with van der Waals surface area (Å²) < 4.78 is 2.23. The number of carbonyl (C=O) groups is 1. The maximum absolute atomic E-state index is 12.0. The van der Waals surface area contributed by atoms with Gasteiger partial charge in [-0.25, -0.2) is 4.98 Å². The van der Waals surface area contributed by atoms with E-state index >= 15 is 0 Å². The first-order valence-electron chi connectivity index (χ1n) is 9.19. The highest BCUT2D eigenvalue weighted by Crippen LogP contribution is 2.18. The van der Waals surface area contributed by atoms with E-state index in [-0.39, 0.29) is 5.91 Å². The van der Waals surface area contributed by atoms with Crippen LogP contribution in [0.1, 0.15) is 38.4 Å². The predicted octanol–water partition coefficient (Wildman–Crippen LogP) is 2.49. The molecule has 1 saturated heterocycles. The van der Waals surface area contributed by atoms with Crippen LogP contribution in [0.4, 0.5) is 0 Å². The topological polar surface area (TPSA) is 59.0 Å². The van der Waals surface area contributed by atoms with Gasteiger partial charge in [0.05, 0.1) is 11.0 Å². The molecule has 0 bridgehead atoms. The first-order valence-corrected chi connectivity index (χ1v) is 9.19. The number of benzene rings is 1. The van der Waals surface area contributed by atoms with Crippen LogP contribution in [0, 0.1) is 5.92 Å². The lowest BCUT2D eigenvalue weighted by Gasteiger charge is -2.22. The van der Waals surface area contributed by atoms with Crippen LogP contribution in [0.3, 0.4) is 0 Å². The molecule has 0 unspecified atom stereocenters. The number of imidazole rings is 1. The molecule has 5 nitrogen and oxygen atoms in total. The Morgan fingerprint density at radius 1 is 1.33 bits per heavy atom. The first-order chi connectivity index (χ1) is 11.8. The number of hydrogen-bond donors (Lipinski definition) is 2. The molecule has 1 aromatic heterocycles. The first kappa shape index (κ1) is 17.0. The fourth-order valence-electron chi connectivity index (χ4n) is 3.58. The second-order valence-corrected chi connectivity index (χ2v) is 6.59. The molecule has 1 aliphatic heterocycles. The van der Waals surface area contributed by atoms with Crippen LogP contribution in [-0.4, -0.2) is 35.1 Å². The molecule has 24 heavy (non-hydrogen) atoms. The zero-order chi connectivity index (χ0) is 16.8. The normalized spacial score (nSPS) is 15.7. The Kier molecular flexibility index (Phi) is 5.86. The summed E-state index contributed by atoms with van der Waals surface area (Å²) in [6.45, 7) is 5.89. The van der Waals surface area contributed by atoms with Crippen molar-refractivity contribution in [3.8, 4) is 0 Å². The highest BCUT2D eigenvalue weighted by molar-refractivity contribution is 5.76. The van der Waals surface area contributed by atoms with Gasteiger partial charge in [-0.05, 0) is 57.3 Å². The molecule has 5 heteroatoms. The number of piperidine rings is 1. The highest BCUT2D eigenvalue weighted by atomic mass is 16.1. The largest absolute Gasteiger partial charge is 0.356 e. The molecule has 130 valence electrons. The Morgan fingerprint density at radius 3 is 2.92 bits per heavy atom. The van der Waals surface area contributed by atoms with Gasteiger partial charge >= 0.3 is 0 Å². The van der Waals surface area contributed by atoms with Crippen LogP contribution in [0.25, 0.3) is 11.0 Å². The number of nitrogens with zero attached hydrogens (tertiary/aromatic N) is 2. The number of amides is 1. The number of hydrogen-bond acceptors (Lipinski definition) is 3. The van der Waals surface area contributed by atoms with Crippen LogP contribution < -0.4 is 10.6 Å². The standard InChI is InChI=1S/C19H28N4O/c1-2-23-17-6-4-3-5-16(17)22-18(23)11-14-21-19(24)8-7-15-9-12-20-13-10-15/h3-6,15,20H,2,7-14H2,1H3,(H,21,24). The van der Waals surface area contributed by atoms with Gasteiger partial charge in [-0.3, -0.25) is 4.79 Å². The molecule has 3 rings (SSSR count). The molecule has 2 aromatic rings. The van der Waals surface area contributed by atoms with Crippen molar-refractivity contribution in [3.05, 3.63) is 30.1 Å². The minimum Gasteiger partial charge on any atom is -0.356 e. The van der Waals surface area contributed by atoms with Gasteiger partial charge in [-0.1, -0.05) is 12.1 Å². The Labute approximate surface area is 143 Å². The van der Waals surface area contributed by atoms with Crippen molar-refractivity contribution in [1.82, 2.24) is 20.2 Å². The second kappa shape index (κ2) is 8.29. The van der Waals surface area contributed by atoms with Crippen LogP contribution in [0.5, 0.6) is 0 Å². The number of fused-ring (bicyclic) bond motifs is 1. The second-order valence-electron chi connectivity index (χ2n) is 6.59. The van der Waals surface area contributed by atoms with Crippen molar-refractivity contribution >= 4 is 16.9 Å². The Morgan fingerprint density at radius 2 is 2.12 bits per heavy atom. The summed E-state index contributed by atoms with van der Waals surface area (Å²) >= 11 is 0. The van der Waals surface area contributed by atoms with Gasteiger partial charge in [0.1, 0.15) is 5.82 Å². The fourth-order valence-corrected chi connectivity index (χ4v) is 3.58. The molecule has 0 spiro atoms. The zero-order valence-electron chi connectivity index (χ0n) is 14.6. The molecular weight excluding hydrogens is 300 g/mol. The molecule has 1 aromatic carbocycles. The van der Waals surface area contributed by atoms with Crippen molar-refractivity contribution in [1.29, 1.82) is 0 Å². The van der Waals surface area contributed by atoms with Gasteiger partial charge in [0.25, 0.3) is 0 Å². The SMILES string of the molecule is CCn1c(CCNC(=O)CCC2CCNCC2)nc2ccccc21. The molecule has 2 heterocycles. The van der Waals surface area contributed by atoms with E-state index in [1.165, 1.54) is 18.4 Å². The summed E-state index contributed by atoms with van der Waals surface area (Å²) in [5.41, 5.74) is 2.21. The van der Waals surface area contributed by atoms with Crippen LogP contribution >= 0.6 is 0 Å². The van der Waals surface area contributed by atoms with E-state index in [9.17, 15) is 4.79 Å². The highest BCUT2D eigenvalue weighted by Gasteiger charge is 2.14. The van der Waals surface area contributed by atoms with Crippen molar-refractivity contribution in [2.45, 2.75) is 45.6 Å². The van der Waals surface area contributed by atoms with E-state index in [0.717, 1.165) is 43.8 Å². The molecule has 0 atom stereocenters. The molecule has 0 radical (unpaired) electrons. The van der Waals surface area contributed by atoms with Gasteiger partial charge in [0.2, 0.25) is 5.91 Å². The third-order valence-corrected chi connectivity index (χ3v) is 4.96. The van der Waals surface area contributed by atoms with Gasteiger partial charge in [-0.2, -0.15) is 0 Å². The van der Waals surface area contributed by atoms with Crippen LogP contribution in [0.15, 0.2) is 24.3 Å². The van der Waals surface area contributed by atoms with E-state index in [0.29, 0.717) is 18.9 Å². The number of para-hydroxylation sites is 2. The minimum absolute atomic E-state index is 0.174. The number of nitrogens with one attached hydrogen (secondary N) is 2. The average molecular weight is 328 g/mol. The van der Waals surface area contributed by atoms with Gasteiger partial charge in [0, 0.05) is 25.9 Å². The van der Waals surface area contributed by atoms with E-state index < -0.39 is 0 Å². The molecule has 1 amide bonds. The Hall–Kier alpha value is -1.88. The lowest BCUT2D eigenvalue weighted by Crippen LogP contribution is -2.30. The van der Waals surface area contributed by atoms with Gasteiger partial charge in [0.15, 0.2) is 0 Å². The molecule has 0 aliphatic carbocycles. The lowest BCUT2D eigenvalue weighted by molar-refractivity contribution is -0.121. The number of carbonyl (C=O) groups excluding carboxylic acids is 1. The summed E-state index contributed by atoms with van der Waals surface area (Å²) in [6.07, 6.45) is 4.85. The zero-order valence-corrected chi connectivity index (χ0v) is 14.6. The van der Waals surface area contributed by atoms with Gasteiger partial charge < -0.3 is 15.2 Å². The van der Waals surface area contributed by atoms with Crippen molar-refractivity contribution in [2.75, 3.05) is 19.6 Å². The van der Waals surface area contributed by atoms with Crippen molar-refractivity contribution in [3.63, 3.8) is 0 Å². The van der Waals surface area contributed by atoms with Crippen molar-refractivity contribution in [2.24, 2.45) is 5.92 Å². The summed E-state index contributed by atoms with van der Waals surface area (Å²) in [6, 6.07) is 8.21. The monoisotopic (exact) mass is 328 g/mol. The van der Waals surface area contributed by atoms with E-state index in [4.69, 9.17) is 4.98 Å². The van der Waals surface area contributed by atoms with Crippen molar-refractivity contribution < 1.29 is 4.79 Å². The summed E-state index contributed by atoms with van der Waals surface area (Å²) in [5.74, 6) is 1.94. The summed E-state index contributed by atoms with van der Waals surface area (Å²) in [5, 5.41) is 6.43. The Bertz CT molecular complexity index is 673. The molecule has 1 aliphatic rings. The number of aromatic nitrogens is 2. The molecule has 1 fully saturated rings. The van der Waals surface area contributed by atoms with E-state index in [1.54, 1.807) is 0 Å². The summed E-state index contributed by atoms with van der Waals surface area (Å²) in [7, 11) is 0. The quantitative estimate of drug-likeness (QED) is 0.821. The van der Waals surface area contributed by atoms with Gasteiger partial charge in [-0.15, -0.1) is 0 Å².